The molecular weight excluding hydrogens is 534 g/mol. The molecule has 2 aliphatic rings. The lowest BCUT2D eigenvalue weighted by Gasteiger charge is -2.30. The van der Waals surface area contributed by atoms with E-state index in [1.807, 2.05) is 54.8 Å². The molecule has 0 unspecified atom stereocenters. The number of fused-ring (bicyclic) bond motifs is 2. The molecular formula is C28H27N5O6S. The van der Waals surface area contributed by atoms with Crippen LogP contribution in [-0.4, -0.2) is 53.4 Å². The van der Waals surface area contributed by atoms with Crippen LogP contribution in [0.4, 0.5) is 4.79 Å². The van der Waals surface area contributed by atoms with Crippen molar-refractivity contribution in [3.05, 3.63) is 72.9 Å². The highest BCUT2D eigenvalue weighted by atomic mass is 32.1. The van der Waals surface area contributed by atoms with E-state index in [2.05, 4.69) is 4.99 Å². The molecule has 2 N–H and O–H groups in total. The zero-order valence-corrected chi connectivity index (χ0v) is 23.1. The molecule has 0 aliphatic carbocycles. The van der Waals surface area contributed by atoms with Crippen LogP contribution < -0.4 is 30.3 Å². The predicted molar refractivity (Wildman–Crippen MR) is 148 cm³/mol. The molecule has 12 heteroatoms. The van der Waals surface area contributed by atoms with Crippen molar-refractivity contribution < 1.29 is 23.9 Å². The number of carbonyl (C=O) groups excluding carboxylic acids is 4. The lowest BCUT2D eigenvalue weighted by molar-refractivity contribution is -0.133. The van der Waals surface area contributed by atoms with Crippen LogP contribution in [0.1, 0.15) is 32.4 Å². The summed E-state index contributed by atoms with van der Waals surface area (Å²) in [5.41, 5.74) is 0.870. The van der Waals surface area contributed by atoms with Crippen LogP contribution in [-0.2, 0) is 14.4 Å². The average Bonchev–Trinajstić information content (AvgIpc) is 3.24. The second-order valence-corrected chi connectivity index (χ2v) is 10.3. The molecule has 1 atom stereocenters. The van der Waals surface area contributed by atoms with E-state index in [9.17, 15) is 24.0 Å². The number of hydrogen-bond donors (Lipinski definition) is 2. The number of ether oxygens (including phenoxy) is 1. The number of barbiturate groups is 1. The molecule has 0 radical (unpaired) electrons. The molecule has 11 nitrogen and oxygen atoms in total. The molecule has 1 fully saturated rings. The zero-order valence-electron chi connectivity index (χ0n) is 22.3. The minimum absolute atomic E-state index is 0.0805. The van der Waals surface area contributed by atoms with E-state index in [0.29, 0.717) is 40.5 Å². The fraction of sp³-hybridized carbons (Fsp3) is 0.286. The fourth-order valence-corrected chi connectivity index (χ4v) is 6.19. The summed E-state index contributed by atoms with van der Waals surface area (Å²) in [6, 6.07) is 9.51. The SMILES string of the molecule is CCN(CC)C(=O)C1=C(C)N=c2s/c(=C\C3C(=O)NC(=O)NC3=O)c(=O)n2[C@H]1c1c(OC)ccc2ccccc12. The summed E-state index contributed by atoms with van der Waals surface area (Å²) in [5, 5.41) is 5.77. The van der Waals surface area contributed by atoms with Gasteiger partial charge in [0.05, 0.1) is 22.9 Å². The first kappa shape index (κ1) is 27.0. The topological polar surface area (TPSA) is 139 Å². The van der Waals surface area contributed by atoms with E-state index < -0.39 is 35.4 Å². The molecule has 0 bridgehead atoms. The maximum absolute atomic E-state index is 14.0. The van der Waals surface area contributed by atoms with Crippen LogP contribution in [0.25, 0.3) is 16.8 Å². The van der Waals surface area contributed by atoms with Crippen LogP contribution in [0.15, 0.2) is 57.5 Å². The fourth-order valence-electron chi connectivity index (χ4n) is 5.13. The van der Waals surface area contributed by atoms with Crippen LogP contribution in [0, 0.1) is 5.92 Å². The summed E-state index contributed by atoms with van der Waals surface area (Å²) in [6.07, 6.45) is 1.23. The molecule has 5 rings (SSSR count). The summed E-state index contributed by atoms with van der Waals surface area (Å²) in [6.45, 7) is 6.41. The number of methoxy groups -OCH3 is 1. The molecule has 3 heterocycles. The zero-order chi connectivity index (χ0) is 28.7. The first-order valence-corrected chi connectivity index (χ1v) is 13.5. The molecule has 0 saturated carbocycles. The Morgan fingerprint density at radius 3 is 2.40 bits per heavy atom. The molecule has 3 aromatic rings. The second-order valence-electron chi connectivity index (χ2n) is 9.27. The van der Waals surface area contributed by atoms with Gasteiger partial charge in [-0.05, 0) is 43.7 Å². The van der Waals surface area contributed by atoms with Crippen LogP contribution in [0.2, 0.25) is 0 Å². The Balaban J connectivity index is 1.82. The number of allylic oxidation sites excluding steroid dienone is 1. The van der Waals surface area contributed by atoms with Gasteiger partial charge in [-0.25, -0.2) is 9.79 Å². The monoisotopic (exact) mass is 561 g/mol. The number of amides is 5. The minimum Gasteiger partial charge on any atom is -0.496 e. The Hall–Kier alpha value is -4.58. The van der Waals surface area contributed by atoms with Crippen LogP contribution in [0.3, 0.4) is 0 Å². The van der Waals surface area contributed by atoms with Gasteiger partial charge in [0.15, 0.2) is 4.80 Å². The largest absolute Gasteiger partial charge is 0.496 e. The number of thiazole rings is 1. The van der Waals surface area contributed by atoms with Gasteiger partial charge in [-0.15, -0.1) is 0 Å². The van der Waals surface area contributed by atoms with Crippen LogP contribution in [0.5, 0.6) is 5.75 Å². The quantitative estimate of drug-likeness (QED) is 0.434. The van der Waals surface area contributed by atoms with E-state index in [1.165, 1.54) is 17.8 Å². The first-order chi connectivity index (χ1) is 19.2. The lowest BCUT2D eigenvalue weighted by Crippen LogP contribution is -2.55. The average molecular weight is 562 g/mol. The molecule has 0 spiro atoms. The van der Waals surface area contributed by atoms with E-state index in [0.717, 1.165) is 22.1 Å². The van der Waals surface area contributed by atoms with Gasteiger partial charge in [0.2, 0.25) is 11.8 Å². The van der Waals surface area contributed by atoms with Gasteiger partial charge in [0.25, 0.3) is 11.5 Å². The van der Waals surface area contributed by atoms with Crippen molar-refractivity contribution in [1.29, 1.82) is 0 Å². The molecule has 1 aromatic heterocycles. The first-order valence-electron chi connectivity index (χ1n) is 12.7. The van der Waals surface area contributed by atoms with E-state index in [-0.39, 0.29) is 10.4 Å². The van der Waals surface area contributed by atoms with Crippen molar-refractivity contribution >= 4 is 51.9 Å². The molecule has 1 saturated heterocycles. The third-order valence-corrected chi connectivity index (χ3v) is 8.08. The van der Waals surface area contributed by atoms with Crippen LogP contribution >= 0.6 is 11.3 Å². The molecule has 2 aliphatic heterocycles. The Morgan fingerprint density at radius 2 is 1.75 bits per heavy atom. The van der Waals surface area contributed by atoms with E-state index in [4.69, 9.17) is 4.74 Å². The smallest absolute Gasteiger partial charge is 0.328 e. The van der Waals surface area contributed by atoms with Crippen molar-refractivity contribution in [2.45, 2.75) is 26.8 Å². The standard InChI is InChI=1S/C28H27N5O6S/c1-5-32(6-2)26(37)20-14(3)29-28-33(22(20)21-16-10-8-7-9-15(16)11-12-18(21)39-4)25(36)19(40-28)13-17-23(34)30-27(38)31-24(17)35/h7-13,17,22H,5-6H2,1-4H3,(H2,30,31,34,35,38)/b19-13-/t22-/m1/s1. The van der Waals surface area contributed by atoms with E-state index in [1.54, 1.807) is 17.9 Å². The number of nitrogens with one attached hydrogen (secondary N) is 2. The summed E-state index contributed by atoms with van der Waals surface area (Å²) in [7, 11) is 1.53. The second kappa shape index (κ2) is 10.5. The number of rotatable bonds is 6. The van der Waals surface area contributed by atoms with Gasteiger partial charge in [0.1, 0.15) is 17.7 Å². The van der Waals surface area contributed by atoms with Gasteiger partial charge in [-0.1, -0.05) is 41.7 Å². The van der Waals surface area contributed by atoms with Gasteiger partial charge < -0.3 is 9.64 Å². The van der Waals surface area contributed by atoms with Gasteiger partial charge in [-0.3, -0.25) is 34.4 Å². The molecule has 40 heavy (non-hydrogen) atoms. The van der Waals surface area contributed by atoms with Gasteiger partial charge in [0, 0.05) is 18.7 Å². The summed E-state index contributed by atoms with van der Waals surface area (Å²) in [4.78, 5) is 70.9. The summed E-state index contributed by atoms with van der Waals surface area (Å²) < 4.78 is 7.27. The Kier molecular flexibility index (Phi) is 7.11. The number of carbonyl (C=O) groups is 4. The summed E-state index contributed by atoms with van der Waals surface area (Å²) in [5.74, 6) is -2.82. The number of likely N-dealkylation sites (N-methyl/N-ethyl adjacent to an activating group) is 1. The Morgan fingerprint density at radius 1 is 1.07 bits per heavy atom. The number of nitrogens with zero attached hydrogens (tertiary/aromatic N) is 3. The van der Waals surface area contributed by atoms with Gasteiger partial charge >= 0.3 is 6.03 Å². The van der Waals surface area contributed by atoms with Crippen molar-refractivity contribution in [3.8, 4) is 5.75 Å². The maximum Gasteiger partial charge on any atom is 0.328 e. The van der Waals surface area contributed by atoms with Gasteiger partial charge in [-0.2, -0.15) is 0 Å². The third kappa shape index (κ3) is 4.39. The highest BCUT2D eigenvalue weighted by molar-refractivity contribution is 7.07. The normalized spacial score (nSPS) is 17.9. The Bertz CT molecular complexity index is 1780. The third-order valence-electron chi connectivity index (χ3n) is 7.08. The lowest BCUT2D eigenvalue weighted by atomic mass is 9.90. The number of urea groups is 1. The van der Waals surface area contributed by atoms with Crippen molar-refractivity contribution in [2.24, 2.45) is 10.9 Å². The number of imide groups is 2. The molecule has 206 valence electrons. The maximum atomic E-state index is 14.0. The number of benzene rings is 2. The van der Waals surface area contributed by atoms with Crippen molar-refractivity contribution in [3.63, 3.8) is 0 Å². The number of hydrogen-bond acceptors (Lipinski definition) is 8. The van der Waals surface area contributed by atoms with Crippen molar-refractivity contribution in [1.82, 2.24) is 20.1 Å². The highest BCUT2D eigenvalue weighted by Crippen LogP contribution is 2.40. The molecule has 5 amide bonds. The highest BCUT2D eigenvalue weighted by Gasteiger charge is 2.37. The summed E-state index contributed by atoms with van der Waals surface area (Å²) >= 11 is 0.999. The Labute approximate surface area is 232 Å². The minimum atomic E-state index is -1.39. The van der Waals surface area contributed by atoms with Crippen molar-refractivity contribution in [2.75, 3.05) is 20.2 Å². The van der Waals surface area contributed by atoms with E-state index >= 15 is 0 Å². The number of aromatic nitrogens is 1. The predicted octanol–water partition coefficient (Wildman–Crippen LogP) is 1.20. The molecule has 2 aromatic carbocycles.